The molecule has 2 rings (SSSR count). The van der Waals surface area contributed by atoms with Gasteiger partial charge in [0.25, 0.3) is 0 Å². The lowest BCUT2D eigenvalue weighted by Gasteiger charge is -2.31. The Morgan fingerprint density at radius 1 is 1.62 bits per heavy atom. The second-order valence-corrected chi connectivity index (χ2v) is 4.23. The fourth-order valence-electron chi connectivity index (χ4n) is 1.57. The van der Waals surface area contributed by atoms with E-state index in [0.717, 1.165) is 30.9 Å². The fraction of sp³-hybridized carbons (Fsp3) is 0.750. The highest BCUT2D eigenvalue weighted by atomic mass is 32.1. The minimum Gasteiger partial charge on any atom is -0.393 e. The number of nitrogens with zero attached hydrogens (tertiary/aromatic N) is 2. The van der Waals surface area contributed by atoms with Crippen molar-refractivity contribution in [1.29, 1.82) is 0 Å². The first-order valence-electron chi connectivity index (χ1n) is 4.53. The van der Waals surface area contributed by atoms with Gasteiger partial charge in [-0.3, -0.25) is 0 Å². The maximum Gasteiger partial charge on any atom is 0.202 e. The van der Waals surface area contributed by atoms with Gasteiger partial charge in [-0.2, -0.15) is 4.37 Å². The Morgan fingerprint density at radius 3 is 3.08 bits per heavy atom. The molecule has 4 nitrogen and oxygen atoms in total. The summed E-state index contributed by atoms with van der Waals surface area (Å²) in [7, 11) is 0. The summed E-state index contributed by atoms with van der Waals surface area (Å²) in [5, 5.41) is 13.2. The molecule has 0 radical (unpaired) electrons. The molecule has 1 heterocycles. The van der Waals surface area contributed by atoms with Gasteiger partial charge in [0, 0.05) is 18.1 Å². The monoisotopic (exact) mass is 199 g/mol. The Labute approximate surface area is 81.2 Å². The number of hydrogen-bond acceptors (Lipinski definition) is 5. The molecule has 1 saturated carbocycles. The second-order valence-electron chi connectivity index (χ2n) is 3.45. The SMILES string of the molecule is OC1CC(CCNc2ncns2)C1. The van der Waals surface area contributed by atoms with Gasteiger partial charge in [0.05, 0.1) is 6.10 Å². The summed E-state index contributed by atoms with van der Waals surface area (Å²) in [6, 6.07) is 0. The van der Waals surface area contributed by atoms with E-state index in [1.54, 1.807) is 6.33 Å². The van der Waals surface area contributed by atoms with Crippen LogP contribution in [0.1, 0.15) is 19.3 Å². The van der Waals surface area contributed by atoms with Crippen molar-refractivity contribution in [1.82, 2.24) is 9.36 Å². The summed E-state index contributed by atoms with van der Waals surface area (Å²) in [5.74, 6) is 0.704. The largest absolute Gasteiger partial charge is 0.393 e. The van der Waals surface area contributed by atoms with E-state index in [1.807, 2.05) is 0 Å². The van der Waals surface area contributed by atoms with Gasteiger partial charge in [-0.05, 0) is 25.2 Å². The minimum atomic E-state index is -0.0356. The van der Waals surface area contributed by atoms with Crippen LogP contribution in [0.4, 0.5) is 5.13 Å². The molecule has 1 aliphatic carbocycles. The zero-order chi connectivity index (χ0) is 9.10. The zero-order valence-electron chi connectivity index (χ0n) is 7.31. The van der Waals surface area contributed by atoms with E-state index in [1.165, 1.54) is 11.5 Å². The van der Waals surface area contributed by atoms with Crippen molar-refractivity contribution < 1.29 is 5.11 Å². The number of aromatic nitrogens is 2. The number of anilines is 1. The summed E-state index contributed by atoms with van der Waals surface area (Å²) in [4.78, 5) is 4.02. The van der Waals surface area contributed by atoms with Gasteiger partial charge in [-0.25, -0.2) is 4.98 Å². The van der Waals surface area contributed by atoms with Gasteiger partial charge in [0.1, 0.15) is 6.33 Å². The number of hydrogen-bond donors (Lipinski definition) is 2. The zero-order valence-corrected chi connectivity index (χ0v) is 8.13. The minimum absolute atomic E-state index is 0.0356. The normalized spacial score (nSPS) is 26.8. The van der Waals surface area contributed by atoms with Crippen LogP contribution in [-0.4, -0.2) is 27.1 Å². The molecule has 1 fully saturated rings. The molecule has 0 unspecified atom stereocenters. The molecule has 1 aliphatic rings. The smallest absolute Gasteiger partial charge is 0.202 e. The van der Waals surface area contributed by atoms with E-state index >= 15 is 0 Å². The van der Waals surface area contributed by atoms with Crippen molar-refractivity contribution in [2.75, 3.05) is 11.9 Å². The van der Waals surface area contributed by atoms with Crippen molar-refractivity contribution in [3.05, 3.63) is 6.33 Å². The average molecular weight is 199 g/mol. The average Bonchev–Trinajstić information content (AvgIpc) is 2.53. The van der Waals surface area contributed by atoms with E-state index < -0.39 is 0 Å². The lowest BCUT2D eigenvalue weighted by molar-refractivity contribution is 0.0408. The summed E-state index contributed by atoms with van der Waals surface area (Å²) in [6.45, 7) is 0.937. The maximum absolute atomic E-state index is 9.06. The Kier molecular flexibility index (Phi) is 2.75. The molecule has 0 aliphatic heterocycles. The molecule has 13 heavy (non-hydrogen) atoms. The topological polar surface area (TPSA) is 58.0 Å². The second kappa shape index (κ2) is 4.02. The van der Waals surface area contributed by atoms with Crippen molar-refractivity contribution >= 4 is 16.7 Å². The molecule has 0 spiro atoms. The fourth-order valence-corrected chi connectivity index (χ4v) is 2.03. The summed E-state index contributed by atoms with van der Waals surface area (Å²) in [5.41, 5.74) is 0. The quantitative estimate of drug-likeness (QED) is 0.762. The van der Waals surface area contributed by atoms with Crippen LogP contribution in [0.15, 0.2) is 6.33 Å². The van der Waals surface area contributed by atoms with E-state index in [0.29, 0.717) is 5.92 Å². The molecule has 5 heteroatoms. The van der Waals surface area contributed by atoms with Gasteiger partial charge in [-0.15, -0.1) is 0 Å². The van der Waals surface area contributed by atoms with E-state index in [-0.39, 0.29) is 6.10 Å². The molecule has 0 bridgehead atoms. The third-order valence-electron chi connectivity index (χ3n) is 2.40. The van der Waals surface area contributed by atoms with Crippen LogP contribution in [0, 0.1) is 5.92 Å². The molecule has 0 saturated heterocycles. The molecule has 0 aromatic carbocycles. The molecule has 1 aromatic heterocycles. The third-order valence-corrected chi connectivity index (χ3v) is 3.02. The Balaban J connectivity index is 1.59. The van der Waals surface area contributed by atoms with Crippen LogP contribution in [0.5, 0.6) is 0 Å². The van der Waals surface area contributed by atoms with E-state index in [4.69, 9.17) is 5.11 Å². The predicted molar refractivity (Wildman–Crippen MR) is 51.7 cm³/mol. The van der Waals surface area contributed by atoms with Gasteiger partial charge >= 0.3 is 0 Å². The standard InChI is InChI=1S/C8H13N3OS/c12-7-3-6(4-7)1-2-9-8-10-5-11-13-8/h5-7,12H,1-4H2,(H,9,10,11). The highest BCUT2D eigenvalue weighted by molar-refractivity contribution is 7.09. The molecule has 2 N–H and O–H groups in total. The summed E-state index contributed by atoms with van der Waals surface area (Å²) >= 11 is 1.38. The van der Waals surface area contributed by atoms with Gasteiger partial charge in [0.2, 0.25) is 5.13 Å². The predicted octanol–water partition coefficient (Wildman–Crippen LogP) is 1.11. The molecule has 72 valence electrons. The Hall–Kier alpha value is -0.680. The number of rotatable bonds is 4. The summed E-state index contributed by atoms with van der Waals surface area (Å²) in [6.07, 6.45) is 4.58. The van der Waals surface area contributed by atoms with Crippen LogP contribution in [-0.2, 0) is 0 Å². The Morgan fingerprint density at radius 2 is 2.46 bits per heavy atom. The lowest BCUT2D eigenvalue weighted by atomic mass is 9.80. The van der Waals surface area contributed by atoms with Crippen molar-refractivity contribution in [3.63, 3.8) is 0 Å². The molecule has 0 atom stereocenters. The molecule has 0 amide bonds. The lowest BCUT2D eigenvalue weighted by Crippen LogP contribution is -2.29. The molecular weight excluding hydrogens is 186 g/mol. The molecular formula is C8H13N3OS. The van der Waals surface area contributed by atoms with E-state index in [9.17, 15) is 0 Å². The number of nitrogens with one attached hydrogen (secondary N) is 1. The first-order chi connectivity index (χ1) is 6.34. The first kappa shape index (κ1) is 8.90. The highest BCUT2D eigenvalue weighted by Crippen LogP contribution is 2.29. The first-order valence-corrected chi connectivity index (χ1v) is 5.30. The highest BCUT2D eigenvalue weighted by Gasteiger charge is 2.26. The van der Waals surface area contributed by atoms with Crippen LogP contribution >= 0.6 is 11.5 Å². The van der Waals surface area contributed by atoms with Crippen LogP contribution in [0.2, 0.25) is 0 Å². The van der Waals surface area contributed by atoms with Crippen LogP contribution in [0.3, 0.4) is 0 Å². The maximum atomic E-state index is 9.06. The third kappa shape index (κ3) is 2.38. The number of aliphatic hydroxyl groups excluding tert-OH is 1. The molecule has 1 aromatic rings. The van der Waals surface area contributed by atoms with Gasteiger partial charge < -0.3 is 10.4 Å². The van der Waals surface area contributed by atoms with Crippen molar-refractivity contribution in [2.24, 2.45) is 5.92 Å². The number of aliphatic hydroxyl groups is 1. The summed E-state index contributed by atoms with van der Waals surface area (Å²) < 4.78 is 3.89. The Bertz CT molecular complexity index is 246. The van der Waals surface area contributed by atoms with Crippen molar-refractivity contribution in [2.45, 2.75) is 25.4 Å². The van der Waals surface area contributed by atoms with E-state index in [2.05, 4.69) is 14.7 Å². The van der Waals surface area contributed by atoms with Crippen LogP contribution in [0.25, 0.3) is 0 Å². The van der Waals surface area contributed by atoms with Gasteiger partial charge in [-0.1, -0.05) is 0 Å². The van der Waals surface area contributed by atoms with Crippen molar-refractivity contribution in [3.8, 4) is 0 Å². The van der Waals surface area contributed by atoms with Crippen LogP contribution < -0.4 is 5.32 Å². The van der Waals surface area contributed by atoms with Gasteiger partial charge in [0.15, 0.2) is 0 Å².